The average Bonchev–Trinajstić information content (AvgIpc) is 3.31. The van der Waals surface area contributed by atoms with Crippen molar-refractivity contribution >= 4 is 16.8 Å². The summed E-state index contributed by atoms with van der Waals surface area (Å²) in [7, 11) is 0. The van der Waals surface area contributed by atoms with Crippen LogP contribution in [0.2, 0.25) is 0 Å². The molecular weight excluding hydrogens is 482 g/mol. The molecule has 5 nitrogen and oxygen atoms in total. The predicted molar refractivity (Wildman–Crippen MR) is 148 cm³/mol. The summed E-state index contributed by atoms with van der Waals surface area (Å²) in [6, 6.07) is 17.2. The van der Waals surface area contributed by atoms with Gasteiger partial charge in [-0.2, -0.15) is 5.10 Å². The maximum atomic E-state index is 13.9. The number of carbonyl (C=O) groups is 1. The van der Waals surface area contributed by atoms with Gasteiger partial charge in [-0.3, -0.25) is 9.48 Å². The molecule has 1 amide bonds. The Labute approximate surface area is 223 Å². The van der Waals surface area contributed by atoms with Gasteiger partial charge in [0.15, 0.2) is 0 Å². The first-order chi connectivity index (χ1) is 18.4. The molecule has 0 unspecified atom stereocenters. The van der Waals surface area contributed by atoms with Crippen LogP contribution in [0.3, 0.4) is 0 Å². The van der Waals surface area contributed by atoms with E-state index in [9.17, 15) is 13.6 Å². The molecule has 0 bridgehead atoms. The van der Waals surface area contributed by atoms with Gasteiger partial charge in [-0.05, 0) is 73.2 Å². The highest BCUT2D eigenvalue weighted by Gasteiger charge is 2.17. The lowest BCUT2D eigenvalue weighted by molar-refractivity contribution is 0.0935. The van der Waals surface area contributed by atoms with E-state index < -0.39 is 11.6 Å². The van der Waals surface area contributed by atoms with Crippen molar-refractivity contribution in [2.45, 2.75) is 65.1 Å². The van der Waals surface area contributed by atoms with Crippen molar-refractivity contribution in [3.05, 3.63) is 101 Å². The number of aryl methyl sites for hydroxylation is 2. The van der Waals surface area contributed by atoms with E-state index in [1.165, 1.54) is 23.3 Å². The minimum absolute atomic E-state index is 0.215. The second-order valence-corrected chi connectivity index (χ2v) is 9.79. The van der Waals surface area contributed by atoms with Crippen LogP contribution in [0.5, 0.6) is 0 Å². The third-order valence-electron chi connectivity index (χ3n) is 6.77. The molecule has 0 spiro atoms. The molecule has 1 atom stereocenters. The molecular formula is C31H36F2N4O. The molecule has 3 aromatic carbocycles. The molecule has 0 fully saturated rings. The third-order valence-corrected chi connectivity index (χ3v) is 6.77. The number of hydrogen-bond acceptors (Lipinski definition) is 3. The zero-order valence-corrected chi connectivity index (χ0v) is 22.1. The SMILES string of the molecule is CCCCn1ncc2ccc(C(=O)N[C@H](CCNCc3cccc(CC)c3)Cc3cc(F)cc(F)c3)cc21. The fourth-order valence-electron chi connectivity index (χ4n) is 4.67. The number of amides is 1. The number of rotatable bonds is 13. The normalized spacial score (nSPS) is 12.1. The Bertz CT molecular complexity index is 1350. The fraction of sp³-hybridized carbons (Fsp3) is 0.355. The summed E-state index contributed by atoms with van der Waals surface area (Å²) in [4.78, 5) is 13.3. The van der Waals surface area contributed by atoms with Gasteiger partial charge in [-0.25, -0.2) is 8.78 Å². The highest BCUT2D eigenvalue weighted by molar-refractivity contribution is 5.98. The van der Waals surface area contributed by atoms with Crippen LogP contribution in [0, 0.1) is 11.6 Å². The van der Waals surface area contributed by atoms with Gasteiger partial charge in [0.25, 0.3) is 5.91 Å². The van der Waals surface area contributed by atoms with Crippen molar-refractivity contribution in [3.8, 4) is 0 Å². The molecule has 0 aliphatic heterocycles. The van der Waals surface area contributed by atoms with Gasteiger partial charge in [0, 0.05) is 36.1 Å². The lowest BCUT2D eigenvalue weighted by Gasteiger charge is -2.20. The van der Waals surface area contributed by atoms with E-state index >= 15 is 0 Å². The number of aromatic nitrogens is 2. The van der Waals surface area contributed by atoms with Crippen molar-refractivity contribution in [2.24, 2.45) is 0 Å². The Kier molecular flexibility index (Phi) is 9.60. The molecule has 0 saturated carbocycles. The molecule has 0 saturated heterocycles. The number of benzene rings is 3. The second kappa shape index (κ2) is 13.3. The smallest absolute Gasteiger partial charge is 0.251 e. The maximum absolute atomic E-state index is 13.9. The first-order valence-corrected chi connectivity index (χ1v) is 13.4. The van der Waals surface area contributed by atoms with Gasteiger partial charge in [0.1, 0.15) is 11.6 Å². The molecule has 7 heteroatoms. The largest absolute Gasteiger partial charge is 0.349 e. The fourth-order valence-corrected chi connectivity index (χ4v) is 4.67. The van der Waals surface area contributed by atoms with Crippen molar-refractivity contribution in [3.63, 3.8) is 0 Å². The van der Waals surface area contributed by atoms with Crippen molar-refractivity contribution < 1.29 is 13.6 Å². The molecule has 4 rings (SSSR count). The molecule has 2 N–H and O–H groups in total. The minimum Gasteiger partial charge on any atom is -0.349 e. The van der Waals surface area contributed by atoms with Gasteiger partial charge in [-0.1, -0.05) is 50.6 Å². The first kappa shape index (κ1) is 27.5. The van der Waals surface area contributed by atoms with Gasteiger partial charge in [-0.15, -0.1) is 0 Å². The van der Waals surface area contributed by atoms with E-state index in [0.29, 0.717) is 37.1 Å². The van der Waals surface area contributed by atoms with Gasteiger partial charge in [0.2, 0.25) is 0 Å². The van der Waals surface area contributed by atoms with E-state index in [2.05, 4.69) is 53.8 Å². The summed E-state index contributed by atoms with van der Waals surface area (Å²) in [5.74, 6) is -1.46. The van der Waals surface area contributed by atoms with Crippen LogP contribution in [-0.2, 0) is 25.9 Å². The van der Waals surface area contributed by atoms with E-state index in [1.807, 2.05) is 23.0 Å². The number of hydrogen-bond donors (Lipinski definition) is 2. The summed E-state index contributed by atoms with van der Waals surface area (Å²) < 4.78 is 29.6. The predicted octanol–water partition coefficient (Wildman–Crippen LogP) is 6.20. The molecule has 0 aliphatic rings. The van der Waals surface area contributed by atoms with E-state index in [4.69, 9.17) is 0 Å². The summed E-state index contributed by atoms with van der Waals surface area (Å²) in [6.07, 6.45) is 5.79. The highest BCUT2D eigenvalue weighted by Crippen LogP contribution is 2.18. The maximum Gasteiger partial charge on any atom is 0.251 e. The molecule has 0 radical (unpaired) electrons. The third kappa shape index (κ3) is 7.48. The first-order valence-electron chi connectivity index (χ1n) is 13.4. The topological polar surface area (TPSA) is 59.0 Å². The molecule has 1 heterocycles. The number of nitrogens with zero attached hydrogens (tertiary/aromatic N) is 2. The van der Waals surface area contributed by atoms with E-state index in [0.717, 1.165) is 42.8 Å². The monoisotopic (exact) mass is 518 g/mol. The van der Waals surface area contributed by atoms with E-state index in [-0.39, 0.29) is 11.9 Å². The Hall–Kier alpha value is -3.58. The number of carbonyl (C=O) groups excluding carboxylic acids is 1. The second-order valence-electron chi connectivity index (χ2n) is 9.79. The zero-order valence-electron chi connectivity index (χ0n) is 22.1. The van der Waals surface area contributed by atoms with Crippen molar-refractivity contribution in [1.82, 2.24) is 20.4 Å². The van der Waals surface area contributed by atoms with Gasteiger partial charge in [0.05, 0.1) is 11.7 Å². The van der Waals surface area contributed by atoms with Crippen LogP contribution in [0.15, 0.2) is 66.9 Å². The number of nitrogens with one attached hydrogen (secondary N) is 2. The summed E-state index contributed by atoms with van der Waals surface area (Å²) in [5.41, 5.74) is 4.46. The molecule has 0 aliphatic carbocycles. The quantitative estimate of drug-likeness (QED) is 0.207. The Morgan fingerprint density at radius 3 is 2.53 bits per heavy atom. The number of fused-ring (bicyclic) bond motifs is 1. The lowest BCUT2D eigenvalue weighted by atomic mass is 10.0. The van der Waals surface area contributed by atoms with Crippen LogP contribution >= 0.6 is 0 Å². The van der Waals surface area contributed by atoms with Crippen molar-refractivity contribution in [2.75, 3.05) is 6.54 Å². The van der Waals surface area contributed by atoms with Crippen LogP contribution < -0.4 is 10.6 Å². The summed E-state index contributed by atoms with van der Waals surface area (Å²) in [6.45, 7) is 6.41. The Morgan fingerprint density at radius 2 is 1.76 bits per heavy atom. The van der Waals surface area contributed by atoms with Crippen LogP contribution in [0.1, 0.15) is 60.2 Å². The minimum atomic E-state index is -0.621. The highest BCUT2D eigenvalue weighted by atomic mass is 19.1. The standard InChI is InChI=1S/C31H36F2N4O/c1-3-5-13-37-30-18-25(9-10-26(30)21-35-37)31(38)36-29(17-24-15-27(32)19-28(33)16-24)11-12-34-20-23-8-6-7-22(4-2)14-23/h6-10,14-16,18-19,21,29,34H,3-5,11-13,17,20H2,1-2H3,(H,36,38)/t29-/m1/s1. The zero-order chi connectivity index (χ0) is 26.9. The van der Waals surface area contributed by atoms with Crippen LogP contribution in [-0.4, -0.2) is 28.3 Å². The van der Waals surface area contributed by atoms with Crippen LogP contribution in [0.25, 0.3) is 10.9 Å². The lowest BCUT2D eigenvalue weighted by Crippen LogP contribution is -2.38. The van der Waals surface area contributed by atoms with Gasteiger partial charge < -0.3 is 10.6 Å². The Balaban J connectivity index is 1.45. The van der Waals surface area contributed by atoms with Crippen molar-refractivity contribution in [1.29, 1.82) is 0 Å². The number of unbranched alkanes of at least 4 members (excludes halogenated alkanes) is 1. The molecule has 1 aromatic heterocycles. The summed E-state index contributed by atoms with van der Waals surface area (Å²) >= 11 is 0. The molecule has 200 valence electrons. The average molecular weight is 519 g/mol. The molecule has 38 heavy (non-hydrogen) atoms. The van der Waals surface area contributed by atoms with Gasteiger partial charge >= 0.3 is 0 Å². The number of halogens is 2. The summed E-state index contributed by atoms with van der Waals surface area (Å²) in [5, 5.41) is 12.0. The Morgan fingerprint density at radius 1 is 0.974 bits per heavy atom. The molecule has 4 aromatic rings. The van der Waals surface area contributed by atoms with Crippen LogP contribution in [0.4, 0.5) is 8.78 Å². The van der Waals surface area contributed by atoms with E-state index in [1.54, 1.807) is 6.07 Å².